The third-order valence-electron chi connectivity index (χ3n) is 2.81. The molecule has 1 aromatic rings. The molecule has 104 valence electrons. The number of hydrogen-bond donors (Lipinski definition) is 0. The Morgan fingerprint density at radius 3 is 2.63 bits per heavy atom. The number of benzene rings is 1. The van der Waals surface area contributed by atoms with Gasteiger partial charge in [-0.15, -0.1) is 13.2 Å². The summed E-state index contributed by atoms with van der Waals surface area (Å²) < 4.78 is 40.9. The minimum atomic E-state index is -4.77. The third-order valence-corrected chi connectivity index (χ3v) is 3.72. The van der Waals surface area contributed by atoms with Crippen molar-refractivity contribution in [1.82, 2.24) is 0 Å². The molecule has 0 spiro atoms. The number of para-hydroxylation sites is 2. The van der Waals surface area contributed by atoms with Crippen LogP contribution in [-0.4, -0.2) is 24.1 Å². The van der Waals surface area contributed by atoms with Gasteiger partial charge in [0.25, 0.3) is 0 Å². The first kappa shape index (κ1) is 14.2. The number of nitrogens with zero attached hydrogens (tertiary/aromatic N) is 1. The molecule has 0 aliphatic carbocycles. The smallest absolute Gasteiger partial charge is 0.404 e. The van der Waals surface area contributed by atoms with Crippen LogP contribution in [0.15, 0.2) is 24.3 Å². The van der Waals surface area contributed by atoms with Gasteiger partial charge in [-0.25, -0.2) is 0 Å². The maximum absolute atomic E-state index is 12.3. The fourth-order valence-electron chi connectivity index (χ4n) is 2.01. The van der Waals surface area contributed by atoms with E-state index in [0.29, 0.717) is 18.3 Å². The number of hydrogen-bond acceptors (Lipinski definition) is 2. The molecule has 0 saturated carbocycles. The molecule has 1 unspecified atom stereocenters. The lowest BCUT2D eigenvalue weighted by Crippen LogP contribution is -2.26. The number of carbonyl (C=O) groups excluding carboxylic acids is 1. The van der Waals surface area contributed by atoms with Gasteiger partial charge in [-0.1, -0.05) is 28.1 Å². The number of halogens is 4. The summed E-state index contributed by atoms with van der Waals surface area (Å²) in [5.41, 5.74) is 0.160. The first-order valence-electron chi connectivity index (χ1n) is 5.62. The van der Waals surface area contributed by atoms with E-state index in [1.165, 1.54) is 23.1 Å². The van der Waals surface area contributed by atoms with Crippen molar-refractivity contribution in [2.45, 2.75) is 12.8 Å². The van der Waals surface area contributed by atoms with Crippen molar-refractivity contribution < 1.29 is 22.7 Å². The van der Waals surface area contributed by atoms with E-state index in [-0.39, 0.29) is 23.3 Å². The minimum absolute atomic E-state index is 0.103. The standard InChI is InChI=1S/C12H11BrF3NO2/c13-6-8-5-11(18)17(7-8)9-3-1-2-4-10(9)19-12(14,15)16/h1-4,8H,5-7H2. The average molecular weight is 338 g/mol. The van der Waals surface area contributed by atoms with Crippen LogP contribution in [-0.2, 0) is 4.79 Å². The molecule has 0 radical (unpaired) electrons. The molecule has 1 aromatic carbocycles. The predicted octanol–water partition coefficient (Wildman–Crippen LogP) is 3.33. The van der Waals surface area contributed by atoms with Crippen LogP contribution >= 0.6 is 15.9 Å². The van der Waals surface area contributed by atoms with E-state index in [1.807, 2.05) is 0 Å². The predicted molar refractivity (Wildman–Crippen MR) is 67.4 cm³/mol. The van der Waals surface area contributed by atoms with E-state index in [4.69, 9.17) is 0 Å². The van der Waals surface area contributed by atoms with Gasteiger partial charge in [0.05, 0.1) is 5.69 Å². The maximum atomic E-state index is 12.3. The number of alkyl halides is 4. The van der Waals surface area contributed by atoms with Crippen molar-refractivity contribution in [3.8, 4) is 5.75 Å². The second kappa shape index (κ2) is 5.40. The number of rotatable bonds is 3. The Balaban J connectivity index is 2.27. The highest BCUT2D eigenvalue weighted by Crippen LogP contribution is 2.36. The normalized spacial score (nSPS) is 19.9. The van der Waals surface area contributed by atoms with Crippen LogP contribution in [0, 0.1) is 5.92 Å². The number of carbonyl (C=O) groups is 1. The van der Waals surface area contributed by atoms with Gasteiger partial charge in [-0.2, -0.15) is 0 Å². The van der Waals surface area contributed by atoms with Crippen molar-refractivity contribution in [3.63, 3.8) is 0 Å². The van der Waals surface area contributed by atoms with E-state index >= 15 is 0 Å². The molecule has 3 nitrogen and oxygen atoms in total. The summed E-state index contributed by atoms with van der Waals surface area (Å²) in [5.74, 6) is -0.437. The van der Waals surface area contributed by atoms with Gasteiger partial charge >= 0.3 is 6.36 Å². The van der Waals surface area contributed by atoms with Crippen LogP contribution in [0.4, 0.5) is 18.9 Å². The summed E-state index contributed by atoms with van der Waals surface area (Å²) in [6, 6.07) is 5.67. The molecule has 1 aliphatic rings. The van der Waals surface area contributed by atoms with Crippen LogP contribution in [0.3, 0.4) is 0 Å². The summed E-state index contributed by atoms with van der Waals surface area (Å²) in [4.78, 5) is 13.2. The number of amides is 1. The molecule has 2 rings (SSSR count). The van der Waals surface area contributed by atoms with E-state index in [1.54, 1.807) is 6.07 Å². The van der Waals surface area contributed by atoms with E-state index in [2.05, 4.69) is 20.7 Å². The molecule has 1 amide bonds. The molecule has 1 atom stereocenters. The molecule has 1 fully saturated rings. The minimum Gasteiger partial charge on any atom is -0.404 e. The van der Waals surface area contributed by atoms with Crippen molar-refractivity contribution in [2.24, 2.45) is 5.92 Å². The van der Waals surface area contributed by atoms with Crippen molar-refractivity contribution in [3.05, 3.63) is 24.3 Å². The number of ether oxygens (including phenoxy) is 1. The Morgan fingerprint density at radius 1 is 1.37 bits per heavy atom. The van der Waals surface area contributed by atoms with Gasteiger partial charge in [0, 0.05) is 18.3 Å². The maximum Gasteiger partial charge on any atom is 0.573 e. The van der Waals surface area contributed by atoms with E-state index < -0.39 is 6.36 Å². The van der Waals surface area contributed by atoms with Gasteiger partial charge in [-0.05, 0) is 18.1 Å². The Hall–Kier alpha value is -1.24. The van der Waals surface area contributed by atoms with Crippen molar-refractivity contribution in [2.75, 3.05) is 16.8 Å². The first-order valence-corrected chi connectivity index (χ1v) is 6.74. The summed E-state index contributed by atoms with van der Waals surface area (Å²) >= 11 is 3.28. The molecule has 0 bridgehead atoms. The lowest BCUT2D eigenvalue weighted by Gasteiger charge is -2.20. The number of anilines is 1. The molecule has 0 aromatic heterocycles. The monoisotopic (exact) mass is 337 g/mol. The SMILES string of the molecule is O=C1CC(CBr)CN1c1ccccc1OC(F)(F)F. The molecular weight excluding hydrogens is 327 g/mol. The molecular formula is C12H11BrF3NO2. The quantitative estimate of drug-likeness (QED) is 0.792. The first-order chi connectivity index (χ1) is 8.90. The second-order valence-electron chi connectivity index (χ2n) is 4.24. The van der Waals surface area contributed by atoms with E-state index in [9.17, 15) is 18.0 Å². The van der Waals surface area contributed by atoms with Crippen LogP contribution in [0.2, 0.25) is 0 Å². The Labute approximate surface area is 116 Å². The summed E-state index contributed by atoms with van der Waals surface area (Å²) in [6.45, 7) is 0.391. The highest BCUT2D eigenvalue weighted by Gasteiger charge is 2.35. The van der Waals surface area contributed by atoms with Gasteiger partial charge in [0.15, 0.2) is 5.75 Å². The topological polar surface area (TPSA) is 29.5 Å². The van der Waals surface area contributed by atoms with Gasteiger partial charge < -0.3 is 9.64 Å². The Morgan fingerprint density at radius 2 is 2.05 bits per heavy atom. The average Bonchev–Trinajstić information content (AvgIpc) is 2.69. The highest BCUT2D eigenvalue weighted by atomic mass is 79.9. The van der Waals surface area contributed by atoms with Crippen molar-refractivity contribution in [1.29, 1.82) is 0 Å². The van der Waals surface area contributed by atoms with Crippen LogP contribution in [0.1, 0.15) is 6.42 Å². The van der Waals surface area contributed by atoms with Gasteiger partial charge in [0.2, 0.25) is 5.91 Å². The molecule has 19 heavy (non-hydrogen) atoms. The van der Waals surface area contributed by atoms with Gasteiger partial charge in [0.1, 0.15) is 0 Å². The largest absolute Gasteiger partial charge is 0.573 e. The summed E-state index contributed by atoms with van der Waals surface area (Å²) in [7, 11) is 0. The highest BCUT2D eigenvalue weighted by molar-refractivity contribution is 9.09. The molecule has 7 heteroatoms. The van der Waals surface area contributed by atoms with Gasteiger partial charge in [-0.3, -0.25) is 4.79 Å². The zero-order valence-corrected chi connectivity index (χ0v) is 11.4. The zero-order valence-electron chi connectivity index (χ0n) is 9.78. The third kappa shape index (κ3) is 3.40. The lowest BCUT2D eigenvalue weighted by atomic mass is 10.2. The van der Waals surface area contributed by atoms with E-state index in [0.717, 1.165) is 0 Å². The molecule has 1 saturated heterocycles. The summed E-state index contributed by atoms with van der Waals surface area (Å²) in [5, 5.41) is 0.636. The lowest BCUT2D eigenvalue weighted by molar-refractivity contribution is -0.274. The second-order valence-corrected chi connectivity index (χ2v) is 4.89. The van der Waals surface area contributed by atoms with Crippen LogP contribution < -0.4 is 9.64 Å². The molecule has 1 heterocycles. The molecule has 1 aliphatic heterocycles. The molecule has 0 N–H and O–H groups in total. The van der Waals surface area contributed by atoms with Crippen molar-refractivity contribution >= 4 is 27.5 Å². The fraction of sp³-hybridized carbons (Fsp3) is 0.417. The van der Waals surface area contributed by atoms with Crippen LogP contribution in [0.5, 0.6) is 5.75 Å². The van der Waals surface area contributed by atoms with Crippen LogP contribution in [0.25, 0.3) is 0 Å². The summed E-state index contributed by atoms with van der Waals surface area (Å²) in [6.07, 6.45) is -4.45. The fourth-order valence-corrected chi connectivity index (χ4v) is 2.44. The zero-order chi connectivity index (χ0) is 14.0. The Kier molecular flexibility index (Phi) is 4.03. The Bertz CT molecular complexity index is 478.